The van der Waals surface area contributed by atoms with Gasteiger partial charge in [0.1, 0.15) is 18.1 Å². The van der Waals surface area contributed by atoms with Gasteiger partial charge in [-0.1, -0.05) is 57.9 Å². The van der Waals surface area contributed by atoms with E-state index in [0.717, 1.165) is 56.6 Å². The Bertz CT molecular complexity index is 1160. The Hall–Kier alpha value is -4.07. The lowest BCUT2D eigenvalue weighted by molar-refractivity contribution is -0.141. The highest BCUT2D eigenvalue weighted by Gasteiger charge is 2.29. The van der Waals surface area contributed by atoms with Crippen molar-refractivity contribution in [2.45, 2.75) is 65.2 Å². The van der Waals surface area contributed by atoms with E-state index < -0.39 is 23.3 Å². The number of methoxy groups -OCH3 is 1. The number of hydrogen-bond acceptors (Lipinski definition) is 8. The van der Waals surface area contributed by atoms with E-state index in [1.165, 1.54) is 13.2 Å². The fraction of sp³-hybridized carbons (Fsp3) is 0.441. The molecule has 0 saturated carbocycles. The van der Waals surface area contributed by atoms with Crippen LogP contribution in [0.3, 0.4) is 0 Å². The standard InChI is InChI=1S/C34H44O8/c1-6-31(35)41-25-34(4,7-2)26(3)39-22-12-10-8-9-11-13-23-40-29-19-16-28(17-20-29)33(37)42-30-18-14-27(24-30)15-21-32(36)38-5/h6,14-21H,1,3,7-13,22-25H2,2,4-5H3/b21-15+. The van der Waals surface area contributed by atoms with Crippen molar-refractivity contribution in [1.82, 2.24) is 0 Å². The molecule has 8 heteroatoms. The van der Waals surface area contributed by atoms with Crippen LogP contribution in [-0.2, 0) is 28.5 Å². The zero-order valence-corrected chi connectivity index (χ0v) is 25.2. The third-order valence-electron chi connectivity index (χ3n) is 7.05. The molecule has 0 saturated heterocycles. The molecule has 1 aromatic carbocycles. The summed E-state index contributed by atoms with van der Waals surface area (Å²) >= 11 is 0. The van der Waals surface area contributed by atoms with Crippen molar-refractivity contribution in [3.8, 4) is 5.75 Å². The summed E-state index contributed by atoms with van der Waals surface area (Å²) in [6.45, 7) is 12.9. The number of carbonyl (C=O) groups is 3. The smallest absolute Gasteiger partial charge is 0.343 e. The van der Waals surface area contributed by atoms with Crippen LogP contribution in [0.1, 0.15) is 75.6 Å². The van der Waals surface area contributed by atoms with Gasteiger partial charge >= 0.3 is 17.9 Å². The lowest BCUT2D eigenvalue weighted by atomic mass is 9.87. The largest absolute Gasteiger partial charge is 0.498 e. The SMILES string of the molecule is C=CC(=O)OCC(C)(CC)C(=C)OCCCCCCCCOc1ccc(C(=O)OC2=CC=C(/C=C/C(=O)OC)C2)cc1. The van der Waals surface area contributed by atoms with Gasteiger partial charge in [0.2, 0.25) is 0 Å². The summed E-state index contributed by atoms with van der Waals surface area (Å²) in [5, 5.41) is 0. The average molecular weight is 581 g/mol. The molecule has 8 nitrogen and oxygen atoms in total. The minimum Gasteiger partial charge on any atom is -0.498 e. The molecule has 42 heavy (non-hydrogen) atoms. The predicted molar refractivity (Wildman–Crippen MR) is 162 cm³/mol. The van der Waals surface area contributed by atoms with Crippen LogP contribution in [0.25, 0.3) is 0 Å². The maximum absolute atomic E-state index is 12.5. The highest BCUT2D eigenvalue weighted by Crippen LogP contribution is 2.31. The maximum Gasteiger partial charge on any atom is 0.343 e. The maximum atomic E-state index is 12.5. The second-order valence-electron chi connectivity index (χ2n) is 10.3. The van der Waals surface area contributed by atoms with Gasteiger partial charge in [0.05, 0.1) is 37.1 Å². The van der Waals surface area contributed by atoms with E-state index in [1.807, 2.05) is 13.8 Å². The summed E-state index contributed by atoms with van der Waals surface area (Å²) < 4.78 is 26.9. The van der Waals surface area contributed by atoms with E-state index in [9.17, 15) is 14.4 Å². The molecule has 1 aliphatic carbocycles. The molecule has 228 valence electrons. The van der Waals surface area contributed by atoms with Crippen LogP contribution in [-0.4, -0.2) is 44.8 Å². The molecular formula is C34H44O8. The molecule has 0 N–H and O–H groups in total. The number of unbranched alkanes of at least 4 members (excludes halogenated alkanes) is 5. The second kappa shape index (κ2) is 18.4. The Kier molecular flexibility index (Phi) is 14.9. The molecule has 0 aromatic heterocycles. The first-order valence-corrected chi connectivity index (χ1v) is 14.4. The normalized spacial score (nSPS) is 13.9. The molecule has 0 amide bonds. The molecule has 1 unspecified atom stereocenters. The molecule has 1 atom stereocenters. The number of carbonyl (C=O) groups excluding carboxylic acids is 3. The Morgan fingerprint density at radius 2 is 1.60 bits per heavy atom. The van der Waals surface area contributed by atoms with E-state index in [0.29, 0.717) is 42.5 Å². The number of rotatable bonds is 20. The number of benzene rings is 1. The van der Waals surface area contributed by atoms with Crippen molar-refractivity contribution in [2.75, 3.05) is 26.9 Å². The first-order valence-electron chi connectivity index (χ1n) is 14.4. The van der Waals surface area contributed by atoms with Crippen LogP contribution in [0.4, 0.5) is 0 Å². The Balaban J connectivity index is 1.54. The van der Waals surface area contributed by atoms with Crippen LogP contribution in [0.2, 0.25) is 0 Å². The molecule has 1 aromatic rings. The molecule has 1 aliphatic rings. The van der Waals surface area contributed by atoms with Gasteiger partial charge in [0, 0.05) is 18.6 Å². The quantitative estimate of drug-likeness (QED) is 0.0526. The zero-order valence-electron chi connectivity index (χ0n) is 25.2. The van der Waals surface area contributed by atoms with Crippen LogP contribution < -0.4 is 4.74 Å². The van der Waals surface area contributed by atoms with Gasteiger partial charge in [-0.3, -0.25) is 0 Å². The molecule has 0 heterocycles. The fourth-order valence-corrected chi connectivity index (χ4v) is 3.95. The Morgan fingerprint density at radius 1 is 0.929 bits per heavy atom. The van der Waals surface area contributed by atoms with Gasteiger partial charge in [-0.25, -0.2) is 14.4 Å². The molecule has 2 rings (SSSR count). The number of ether oxygens (including phenoxy) is 5. The first kappa shape index (κ1) is 34.1. The fourth-order valence-electron chi connectivity index (χ4n) is 3.95. The van der Waals surface area contributed by atoms with Crippen molar-refractivity contribution in [3.63, 3.8) is 0 Å². The van der Waals surface area contributed by atoms with Crippen molar-refractivity contribution < 1.29 is 38.1 Å². The molecule has 0 spiro atoms. The molecule has 0 bridgehead atoms. The van der Waals surface area contributed by atoms with Crippen molar-refractivity contribution in [1.29, 1.82) is 0 Å². The zero-order chi connectivity index (χ0) is 30.8. The van der Waals surface area contributed by atoms with Crippen molar-refractivity contribution >= 4 is 17.9 Å². The van der Waals surface area contributed by atoms with Crippen LogP contribution >= 0.6 is 0 Å². The number of allylic oxidation sites excluding steroid dienone is 4. The predicted octanol–water partition coefficient (Wildman–Crippen LogP) is 7.18. The molecule has 0 fully saturated rings. The summed E-state index contributed by atoms with van der Waals surface area (Å²) in [6.07, 6.45) is 15.1. The monoisotopic (exact) mass is 580 g/mol. The van der Waals surface area contributed by atoms with Gasteiger partial charge in [-0.2, -0.15) is 0 Å². The lowest BCUT2D eigenvalue weighted by Gasteiger charge is -2.29. The van der Waals surface area contributed by atoms with Gasteiger partial charge in [0.25, 0.3) is 0 Å². The molecule has 0 aliphatic heterocycles. The van der Waals surface area contributed by atoms with Crippen molar-refractivity contribution in [3.05, 3.63) is 90.5 Å². The van der Waals surface area contributed by atoms with Crippen LogP contribution in [0.15, 0.2) is 84.9 Å². The van der Waals surface area contributed by atoms with E-state index in [2.05, 4.69) is 17.9 Å². The van der Waals surface area contributed by atoms with Gasteiger partial charge in [-0.05, 0) is 62.1 Å². The number of esters is 3. The minimum absolute atomic E-state index is 0.225. The summed E-state index contributed by atoms with van der Waals surface area (Å²) in [4.78, 5) is 35.0. The van der Waals surface area contributed by atoms with Gasteiger partial charge in [0.15, 0.2) is 0 Å². The summed E-state index contributed by atoms with van der Waals surface area (Å²) in [5.74, 6) is 0.552. The minimum atomic E-state index is -0.442. The third-order valence-corrected chi connectivity index (χ3v) is 7.05. The van der Waals surface area contributed by atoms with E-state index >= 15 is 0 Å². The van der Waals surface area contributed by atoms with Gasteiger partial charge < -0.3 is 23.7 Å². The molecule has 0 radical (unpaired) electrons. The first-order chi connectivity index (χ1) is 20.2. The van der Waals surface area contributed by atoms with E-state index in [-0.39, 0.29) is 6.61 Å². The van der Waals surface area contributed by atoms with E-state index in [1.54, 1.807) is 42.5 Å². The summed E-state index contributed by atoms with van der Waals surface area (Å²) in [7, 11) is 1.32. The summed E-state index contributed by atoms with van der Waals surface area (Å²) in [6, 6.07) is 6.91. The van der Waals surface area contributed by atoms with Crippen LogP contribution in [0.5, 0.6) is 5.75 Å². The summed E-state index contributed by atoms with van der Waals surface area (Å²) in [5.41, 5.74) is 0.874. The Labute approximate surface area is 249 Å². The Morgan fingerprint density at radius 3 is 2.24 bits per heavy atom. The third kappa shape index (κ3) is 12.2. The van der Waals surface area contributed by atoms with E-state index in [4.69, 9.17) is 18.9 Å². The highest BCUT2D eigenvalue weighted by molar-refractivity contribution is 5.90. The highest BCUT2D eigenvalue weighted by atomic mass is 16.5. The van der Waals surface area contributed by atoms with Gasteiger partial charge in [-0.15, -0.1) is 0 Å². The average Bonchev–Trinajstić information content (AvgIpc) is 3.46. The van der Waals surface area contributed by atoms with Crippen LogP contribution in [0, 0.1) is 5.41 Å². The topological polar surface area (TPSA) is 97.4 Å². The lowest BCUT2D eigenvalue weighted by Crippen LogP contribution is -2.27. The molecular weight excluding hydrogens is 536 g/mol. The van der Waals surface area contributed by atoms with Crippen molar-refractivity contribution in [2.24, 2.45) is 5.41 Å². The number of hydrogen-bond donors (Lipinski definition) is 0. The second-order valence-corrected chi connectivity index (χ2v) is 10.3.